The quantitative estimate of drug-likeness (QED) is 0.716. The summed E-state index contributed by atoms with van der Waals surface area (Å²) in [7, 11) is -1.97. The summed E-state index contributed by atoms with van der Waals surface area (Å²) < 4.78 is 29.5. The second kappa shape index (κ2) is 4.49. The van der Waals surface area contributed by atoms with Crippen molar-refractivity contribution >= 4 is 16.0 Å². The molecule has 1 aliphatic carbocycles. The first kappa shape index (κ1) is 12.4. The molecule has 0 heterocycles. The number of hydrogen-bond acceptors (Lipinski definition) is 4. The molecule has 0 aromatic rings. The van der Waals surface area contributed by atoms with E-state index in [9.17, 15) is 13.2 Å². The van der Waals surface area contributed by atoms with E-state index in [1.54, 1.807) is 0 Å². The van der Waals surface area contributed by atoms with Gasteiger partial charge in [-0.2, -0.15) is 0 Å². The van der Waals surface area contributed by atoms with Crippen LogP contribution in [0, 0.1) is 0 Å². The summed E-state index contributed by atoms with van der Waals surface area (Å²) in [5, 5.41) is 0. The maximum absolute atomic E-state index is 11.2. The maximum atomic E-state index is 11.2. The van der Waals surface area contributed by atoms with Gasteiger partial charge >= 0.3 is 5.97 Å². The van der Waals surface area contributed by atoms with Gasteiger partial charge in [0.05, 0.1) is 19.8 Å². The van der Waals surface area contributed by atoms with E-state index in [-0.39, 0.29) is 12.4 Å². The van der Waals surface area contributed by atoms with Gasteiger partial charge in [-0.3, -0.25) is 4.79 Å². The number of sulfonamides is 1. The summed E-state index contributed by atoms with van der Waals surface area (Å²) in [5.41, 5.74) is -0.610. The molecule has 0 saturated heterocycles. The fourth-order valence-electron chi connectivity index (χ4n) is 2.11. The third kappa shape index (κ3) is 3.79. The monoisotopic (exact) mass is 235 g/mol. The highest BCUT2D eigenvalue weighted by molar-refractivity contribution is 7.88. The lowest BCUT2D eigenvalue weighted by Gasteiger charge is -2.27. The molecule has 0 bridgehead atoms. The minimum Gasteiger partial charge on any atom is -0.469 e. The highest BCUT2D eigenvalue weighted by Crippen LogP contribution is 2.33. The lowest BCUT2D eigenvalue weighted by molar-refractivity contribution is -0.142. The van der Waals surface area contributed by atoms with Crippen molar-refractivity contribution in [2.45, 2.75) is 37.6 Å². The number of ether oxygens (including phenoxy) is 1. The smallest absolute Gasteiger partial charge is 0.307 e. The number of esters is 1. The first-order chi connectivity index (χ1) is 6.87. The number of rotatable bonds is 4. The second-order valence-corrected chi connectivity index (χ2v) is 5.86. The van der Waals surface area contributed by atoms with Gasteiger partial charge in [-0.15, -0.1) is 0 Å². The standard InChI is InChI=1S/C9H17NO4S/c1-14-8(11)7-9(5-3-4-6-9)10-15(2,12)13/h10H,3-7H2,1-2H3. The molecule has 0 radical (unpaired) electrons. The van der Waals surface area contributed by atoms with Crippen LogP contribution in [0.3, 0.4) is 0 Å². The SMILES string of the molecule is COC(=O)CC1(NS(C)(=O)=O)CCCC1. The van der Waals surface area contributed by atoms with Crippen molar-refractivity contribution in [3.8, 4) is 0 Å². The lowest BCUT2D eigenvalue weighted by Crippen LogP contribution is -2.47. The van der Waals surface area contributed by atoms with Crippen LogP contribution in [-0.4, -0.2) is 33.3 Å². The van der Waals surface area contributed by atoms with Crippen molar-refractivity contribution in [2.75, 3.05) is 13.4 Å². The Hall–Kier alpha value is -0.620. The minimum absolute atomic E-state index is 0.122. The molecule has 0 atom stereocenters. The Kier molecular flexibility index (Phi) is 3.72. The summed E-state index contributed by atoms with van der Waals surface area (Å²) in [6.45, 7) is 0. The van der Waals surface area contributed by atoms with Crippen molar-refractivity contribution in [3.63, 3.8) is 0 Å². The number of methoxy groups -OCH3 is 1. The molecule has 0 amide bonds. The van der Waals surface area contributed by atoms with E-state index in [1.165, 1.54) is 7.11 Å². The van der Waals surface area contributed by atoms with Crippen LogP contribution in [0.2, 0.25) is 0 Å². The molecule has 0 aromatic heterocycles. The fourth-order valence-corrected chi connectivity index (χ4v) is 3.17. The first-order valence-corrected chi connectivity index (χ1v) is 6.82. The Balaban J connectivity index is 2.75. The molecule has 88 valence electrons. The van der Waals surface area contributed by atoms with Crippen LogP contribution >= 0.6 is 0 Å². The number of carbonyl (C=O) groups is 1. The average Bonchev–Trinajstić information content (AvgIpc) is 2.49. The Morgan fingerprint density at radius 2 is 1.93 bits per heavy atom. The maximum Gasteiger partial charge on any atom is 0.307 e. The normalized spacial score (nSPS) is 20.1. The molecule has 1 rings (SSSR count). The molecule has 15 heavy (non-hydrogen) atoms. The van der Waals surface area contributed by atoms with Gasteiger partial charge in [-0.1, -0.05) is 12.8 Å². The van der Waals surface area contributed by atoms with Gasteiger partial charge < -0.3 is 4.74 Å². The number of carbonyl (C=O) groups excluding carboxylic acids is 1. The van der Waals surface area contributed by atoms with Crippen LogP contribution in [-0.2, 0) is 19.6 Å². The highest BCUT2D eigenvalue weighted by Gasteiger charge is 2.38. The van der Waals surface area contributed by atoms with E-state index >= 15 is 0 Å². The van der Waals surface area contributed by atoms with E-state index in [4.69, 9.17) is 0 Å². The molecule has 6 heteroatoms. The molecule has 1 N–H and O–H groups in total. The van der Waals surface area contributed by atoms with Gasteiger partial charge in [0.25, 0.3) is 0 Å². The van der Waals surface area contributed by atoms with Gasteiger partial charge in [0.1, 0.15) is 0 Å². The van der Waals surface area contributed by atoms with E-state index in [0.29, 0.717) is 12.8 Å². The van der Waals surface area contributed by atoms with Crippen LogP contribution in [0.15, 0.2) is 0 Å². The van der Waals surface area contributed by atoms with Gasteiger partial charge in [0.2, 0.25) is 10.0 Å². The van der Waals surface area contributed by atoms with Crippen LogP contribution < -0.4 is 4.72 Å². The van der Waals surface area contributed by atoms with Gasteiger partial charge in [0.15, 0.2) is 0 Å². The van der Waals surface area contributed by atoms with Crippen LogP contribution in [0.4, 0.5) is 0 Å². The predicted molar refractivity (Wildman–Crippen MR) is 55.8 cm³/mol. The molecular weight excluding hydrogens is 218 g/mol. The average molecular weight is 235 g/mol. The zero-order chi connectivity index (χ0) is 11.5. The van der Waals surface area contributed by atoms with E-state index in [0.717, 1.165) is 19.1 Å². The van der Waals surface area contributed by atoms with Gasteiger partial charge in [0, 0.05) is 5.54 Å². The Morgan fingerprint density at radius 1 is 1.40 bits per heavy atom. The van der Waals surface area contributed by atoms with Crippen LogP contribution in [0.1, 0.15) is 32.1 Å². The van der Waals surface area contributed by atoms with Crippen molar-refractivity contribution in [3.05, 3.63) is 0 Å². The molecule has 1 saturated carbocycles. The van der Waals surface area contributed by atoms with E-state index < -0.39 is 15.6 Å². The highest BCUT2D eigenvalue weighted by atomic mass is 32.2. The third-order valence-electron chi connectivity index (χ3n) is 2.67. The topological polar surface area (TPSA) is 72.5 Å². The summed E-state index contributed by atoms with van der Waals surface area (Å²) in [6, 6.07) is 0. The number of hydrogen-bond donors (Lipinski definition) is 1. The molecule has 0 spiro atoms. The van der Waals surface area contributed by atoms with Crippen molar-refractivity contribution < 1.29 is 17.9 Å². The Bertz CT molecular complexity index is 330. The summed E-state index contributed by atoms with van der Waals surface area (Å²) in [6.07, 6.45) is 4.53. The summed E-state index contributed by atoms with van der Waals surface area (Å²) in [4.78, 5) is 11.2. The minimum atomic E-state index is -3.28. The fraction of sp³-hybridized carbons (Fsp3) is 0.889. The van der Waals surface area contributed by atoms with Gasteiger partial charge in [-0.25, -0.2) is 13.1 Å². The van der Waals surface area contributed by atoms with Crippen LogP contribution in [0.25, 0.3) is 0 Å². The van der Waals surface area contributed by atoms with E-state index in [1.807, 2.05) is 0 Å². The van der Waals surface area contributed by atoms with Crippen molar-refractivity contribution in [2.24, 2.45) is 0 Å². The molecule has 1 fully saturated rings. The number of nitrogens with one attached hydrogen (secondary N) is 1. The van der Waals surface area contributed by atoms with E-state index in [2.05, 4.69) is 9.46 Å². The molecule has 1 aliphatic rings. The Morgan fingerprint density at radius 3 is 2.33 bits per heavy atom. The summed E-state index contributed by atoms with van der Waals surface area (Å²) >= 11 is 0. The van der Waals surface area contributed by atoms with Crippen molar-refractivity contribution in [1.29, 1.82) is 0 Å². The Labute approximate surface area is 90.2 Å². The molecule has 0 aromatic carbocycles. The van der Waals surface area contributed by atoms with Crippen molar-refractivity contribution in [1.82, 2.24) is 4.72 Å². The lowest BCUT2D eigenvalue weighted by atomic mass is 9.95. The zero-order valence-electron chi connectivity index (χ0n) is 9.08. The molecule has 0 unspecified atom stereocenters. The predicted octanol–water partition coefficient (Wildman–Crippen LogP) is 0.411. The molecular formula is C9H17NO4S. The first-order valence-electron chi connectivity index (χ1n) is 4.93. The molecule has 0 aliphatic heterocycles. The zero-order valence-corrected chi connectivity index (χ0v) is 9.89. The van der Waals surface area contributed by atoms with Gasteiger partial charge in [-0.05, 0) is 12.8 Å². The molecule has 5 nitrogen and oxygen atoms in total. The summed E-state index contributed by atoms with van der Waals surface area (Å²) in [5.74, 6) is -0.368. The third-order valence-corrected chi connectivity index (χ3v) is 3.48. The van der Waals surface area contributed by atoms with Crippen LogP contribution in [0.5, 0.6) is 0 Å². The largest absolute Gasteiger partial charge is 0.469 e. The second-order valence-electron chi connectivity index (χ2n) is 4.11.